The van der Waals surface area contributed by atoms with E-state index in [0.717, 1.165) is 0 Å². The van der Waals surface area contributed by atoms with Crippen molar-refractivity contribution in [3.05, 3.63) is 419 Å². The second-order valence-corrected chi connectivity index (χ2v) is 38.0. The number of para-hydroxylation sites is 6. The number of hydrogen-bond donors (Lipinski definition) is 0. The summed E-state index contributed by atoms with van der Waals surface area (Å²) in [4.78, 5) is 0. The first kappa shape index (κ1) is 71.8. The van der Waals surface area contributed by atoms with Crippen LogP contribution in [-0.4, -0.2) is 13.7 Å². The van der Waals surface area contributed by atoms with E-state index in [0.29, 0.717) is 0 Å². The maximum Gasteiger partial charge on any atom is 0.0727 e. The molecule has 0 aliphatic carbocycles. The third-order valence-electron chi connectivity index (χ3n) is 24.6. The molecule has 0 fully saturated rings. The number of aromatic nitrogens is 3. The minimum Gasteiger partial charge on any atom is -0.308 e. The highest BCUT2D eigenvalue weighted by Crippen LogP contribution is 2.50. The molecule has 0 radical (unpaired) electrons. The van der Waals surface area contributed by atoms with Crippen LogP contribution in [0, 0.1) is 0 Å². The topological polar surface area (TPSA) is 14.8 Å². The van der Waals surface area contributed by atoms with Crippen LogP contribution < -0.4 is 0 Å². The Hall–Kier alpha value is -14.1. The molecule has 0 bridgehead atoms. The van der Waals surface area contributed by atoms with E-state index in [-0.39, 0.29) is 0 Å². The second-order valence-electron chi connectivity index (χ2n) is 31.6. The molecule has 0 aliphatic rings. The monoisotopic (exact) mass is 1670 g/mol. The van der Waals surface area contributed by atoms with Crippen LogP contribution in [0.3, 0.4) is 0 Å². The average molecular weight is 1670 g/mol. The third-order valence-corrected chi connectivity index (χ3v) is 31.6. The molecule has 0 saturated carbocycles. The molecule has 0 spiro atoms. The van der Waals surface area contributed by atoms with Crippen molar-refractivity contribution in [2.45, 2.75) is 0 Å². The zero-order valence-corrected chi connectivity index (χ0v) is 71.0. The lowest BCUT2D eigenvalue weighted by Crippen LogP contribution is -1.92. The van der Waals surface area contributed by atoms with Gasteiger partial charge in [0.1, 0.15) is 0 Å². The third kappa shape index (κ3) is 12.0. The minimum absolute atomic E-state index is 1.20. The first-order valence-electron chi connectivity index (χ1n) is 41.6. The van der Waals surface area contributed by atoms with Crippen molar-refractivity contribution in [2.24, 2.45) is 0 Å². The van der Waals surface area contributed by atoms with Crippen molar-refractivity contribution in [3.63, 3.8) is 0 Å². The Bertz CT molecular complexity index is 8900. The summed E-state index contributed by atoms with van der Waals surface area (Å²) in [6, 6.07) is 153. The summed E-state index contributed by atoms with van der Waals surface area (Å²) < 4.78 is 23.4. The number of hydrogen-bond acceptors (Lipinski definition) is 6. The van der Waals surface area contributed by atoms with Gasteiger partial charge in [-0.15, -0.1) is 68.0 Å². The molecule has 0 saturated heterocycles. The minimum atomic E-state index is 1.20. The molecule has 0 N–H and O–H groups in total. The Morgan fingerprint density at radius 1 is 0.146 bits per heavy atom. The highest BCUT2D eigenvalue weighted by molar-refractivity contribution is 7.28. The number of thiophene rings is 6. The molecule has 0 amide bonds. The van der Waals surface area contributed by atoms with Gasteiger partial charge in [0.25, 0.3) is 0 Å². The predicted molar refractivity (Wildman–Crippen MR) is 540 cm³/mol. The van der Waals surface area contributed by atoms with Gasteiger partial charge in [0.15, 0.2) is 0 Å². The molecule has 0 unspecified atom stereocenters. The van der Waals surface area contributed by atoms with Gasteiger partial charge in [0.05, 0.1) is 47.2 Å². The van der Waals surface area contributed by atoms with Crippen LogP contribution in [-0.2, 0) is 0 Å². The van der Waals surface area contributed by atoms with Crippen molar-refractivity contribution < 1.29 is 0 Å². The number of rotatable bonds is 9. The quantitative estimate of drug-likeness (QED) is 0.137. The molecule has 9 heterocycles. The highest BCUT2D eigenvalue weighted by atomic mass is 32.1. The van der Waals surface area contributed by atoms with Crippen LogP contribution >= 0.6 is 68.0 Å². The van der Waals surface area contributed by atoms with Crippen molar-refractivity contribution in [1.82, 2.24) is 13.7 Å². The summed E-state index contributed by atoms with van der Waals surface area (Å²) in [7, 11) is 0. The molecule has 3 nitrogen and oxygen atoms in total. The van der Waals surface area contributed by atoms with Gasteiger partial charge in [-0.05, 0) is 200 Å². The largest absolute Gasteiger partial charge is 0.308 e. The highest BCUT2D eigenvalue weighted by Gasteiger charge is 2.24. The zero-order chi connectivity index (χ0) is 80.7. The molecular formula is C114H69N3S6. The number of nitrogens with zero attached hydrogens (tertiary/aromatic N) is 3. The molecule has 9 heteroatoms. The predicted octanol–water partition coefficient (Wildman–Crippen LogP) is 35.1. The molecule has 9 aromatic heterocycles. The zero-order valence-electron chi connectivity index (χ0n) is 66.1. The van der Waals surface area contributed by atoms with Gasteiger partial charge in [-0.1, -0.05) is 285 Å². The summed E-state index contributed by atoms with van der Waals surface area (Å²) in [5.41, 5.74) is 26.3. The van der Waals surface area contributed by atoms with E-state index in [1.54, 1.807) is 0 Å². The van der Waals surface area contributed by atoms with Gasteiger partial charge in [-0.3, -0.25) is 0 Å². The van der Waals surface area contributed by atoms with Crippen LogP contribution in [0.2, 0.25) is 0 Å². The number of benzene rings is 18. The molecule has 27 rings (SSSR count). The van der Waals surface area contributed by atoms with E-state index in [9.17, 15) is 0 Å². The molecule has 27 aromatic rings. The molecule has 0 atom stereocenters. The SMILES string of the molecule is c1ccc(-n2c3ccccc3c3sc4cc(-c5cccc(-c6cccc7sc8ccccc8c67)c5)ccc4c32)cc1.c1ccc(-n2c3ccccc3c3sc4ccc(-c5cccc(-c6ccc7c(c6)sc6ccccc67)c5)cc4c32)cc1.c1ccc(-n2c3ccccc3c3sc4ccc(-c5cccc(-c6cccc7c6sc6ccccc67)c5)cc4c32)cc1. The first-order chi connectivity index (χ1) is 61.0. The van der Waals surface area contributed by atoms with Gasteiger partial charge in [-0.25, -0.2) is 0 Å². The van der Waals surface area contributed by atoms with Crippen molar-refractivity contribution in [1.29, 1.82) is 0 Å². The Labute approximate surface area is 731 Å². The van der Waals surface area contributed by atoms with Crippen molar-refractivity contribution in [2.75, 3.05) is 0 Å². The first-order valence-corrected chi connectivity index (χ1v) is 46.5. The normalized spacial score (nSPS) is 11.9. The summed E-state index contributed by atoms with van der Waals surface area (Å²) in [5.74, 6) is 0. The smallest absolute Gasteiger partial charge is 0.0727 e. The lowest BCUT2D eigenvalue weighted by Gasteiger charge is -2.09. The van der Waals surface area contributed by atoms with E-state index in [1.165, 1.54) is 238 Å². The van der Waals surface area contributed by atoms with Crippen LogP contribution in [0.5, 0.6) is 0 Å². The Balaban J connectivity index is 0.000000101. The number of fused-ring (bicyclic) bond motifs is 24. The fourth-order valence-corrected chi connectivity index (χ4v) is 26.2. The van der Waals surface area contributed by atoms with Gasteiger partial charge >= 0.3 is 0 Å². The molecular weight excluding hydrogens is 1600 g/mol. The lowest BCUT2D eigenvalue weighted by atomic mass is 9.96. The van der Waals surface area contributed by atoms with Crippen molar-refractivity contribution in [3.8, 4) is 83.8 Å². The Morgan fingerprint density at radius 3 is 0.967 bits per heavy atom. The van der Waals surface area contributed by atoms with E-state index in [4.69, 9.17) is 0 Å². The standard InChI is InChI=1S/3C38H23NS2/c1-2-12-27(13-3-1)39-33-18-6-4-15-31(33)38-36(39)32-23-25(20-21-35(32)41-38)24-10-8-11-26(22-24)28-16-9-17-30-29-14-5-7-19-34(29)40-37(28)30;1-2-12-27(13-3-1)39-32-17-6-4-14-29(32)38-37(39)31-21-20-25(23-35(31)41-38)24-10-8-11-26(22-24)28-16-9-19-34-36(28)30-15-5-7-18-33(30)40-34;1-2-11-28(12-3-1)39-33-15-6-4-14-31(33)38-37(39)32-22-26(18-20-35(32)41-38)24-9-8-10-25(21-24)27-17-19-30-29-13-5-7-16-34(29)40-36(30)23-27/h3*1-23H. The summed E-state index contributed by atoms with van der Waals surface area (Å²) in [6.45, 7) is 0. The summed E-state index contributed by atoms with van der Waals surface area (Å²) in [5, 5.41) is 15.9. The Kier molecular flexibility index (Phi) is 17.1. The van der Waals surface area contributed by atoms with Crippen molar-refractivity contribution >= 4 is 222 Å². The van der Waals surface area contributed by atoms with Gasteiger partial charge in [0, 0.05) is 124 Å². The van der Waals surface area contributed by atoms with E-state index in [1.807, 2.05) is 68.0 Å². The maximum atomic E-state index is 2.44. The van der Waals surface area contributed by atoms with E-state index >= 15 is 0 Å². The Morgan fingerprint density at radius 2 is 0.447 bits per heavy atom. The van der Waals surface area contributed by atoms with Gasteiger partial charge in [-0.2, -0.15) is 0 Å². The molecule has 123 heavy (non-hydrogen) atoms. The van der Waals surface area contributed by atoms with Crippen LogP contribution in [0.1, 0.15) is 0 Å². The fourth-order valence-electron chi connectivity index (χ4n) is 19.0. The molecule has 18 aromatic carbocycles. The lowest BCUT2D eigenvalue weighted by molar-refractivity contribution is 1.19. The maximum absolute atomic E-state index is 2.44. The fraction of sp³-hybridized carbons (Fsp3) is 0. The van der Waals surface area contributed by atoms with E-state index < -0.39 is 0 Å². The molecule has 576 valence electrons. The molecule has 0 aliphatic heterocycles. The second kappa shape index (κ2) is 29.4. The van der Waals surface area contributed by atoms with Crippen LogP contribution in [0.15, 0.2) is 419 Å². The summed E-state index contributed by atoms with van der Waals surface area (Å²) >= 11 is 11.3. The average Bonchev–Trinajstić information content (AvgIpc) is 1.57. The van der Waals surface area contributed by atoms with Crippen LogP contribution in [0.4, 0.5) is 0 Å². The van der Waals surface area contributed by atoms with Gasteiger partial charge < -0.3 is 13.7 Å². The van der Waals surface area contributed by atoms with Gasteiger partial charge in [0.2, 0.25) is 0 Å². The van der Waals surface area contributed by atoms with Crippen LogP contribution in [0.25, 0.3) is 238 Å². The van der Waals surface area contributed by atoms with E-state index in [2.05, 4.69) is 432 Å². The summed E-state index contributed by atoms with van der Waals surface area (Å²) in [6.07, 6.45) is 0.